The van der Waals surface area contributed by atoms with Gasteiger partial charge in [0.15, 0.2) is 0 Å². The van der Waals surface area contributed by atoms with E-state index in [1.165, 1.54) is 4.90 Å². The number of carbonyl (C=O) groups is 2. The third-order valence-corrected chi connectivity index (χ3v) is 4.11. The van der Waals surface area contributed by atoms with Crippen molar-refractivity contribution in [1.82, 2.24) is 10.2 Å². The minimum absolute atomic E-state index is 0.0178. The van der Waals surface area contributed by atoms with Gasteiger partial charge in [0.05, 0.1) is 5.41 Å². The molecule has 5 nitrogen and oxygen atoms in total. The molecule has 0 spiro atoms. The number of nitrogens with one attached hydrogen (secondary N) is 1. The zero-order valence-corrected chi connectivity index (χ0v) is 12.2. The fraction of sp³-hybridized carbons (Fsp3) is 0.857. The summed E-state index contributed by atoms with van der Waals surface area (Å²) >= 11 is 0. The normalized spacial score (nSPS) is 24.8. The highest BCUT2D eigenvalue weighted by atomic mass is 16.4. The molecule has 0 aromatic rings. The highest BCUT2D eigenvalue weighted by molar-refractivity contribution is 5.87. The molecule has 1 saturated heterocycles. The molecule has 1 aliphatic rings. The first-order chi connectivity index (χ1) is 8.98. The Morgan fingerprint density at radius 3 is 2.53 bits per heavy atom. The summed E-state index contributed by atoms with van der Waals surface area (Å²) in [5.74, 6) is -0.940. The third-order valence-electron chi connectivity index (χ3n) is 4.11. The number of amides is 1. The number of hydrogen-bond acceptors (Lipinski definition) is 3. The van der Waals surface area contributed by atoms with Gasteiger partial charge < -0.3 is 15.3 Å². The standard InChI is InChI=1S/C14H26N2O3/c1-4-7-14(8-6-9-15-10-14)13(19)16(3)11(5-2)12(17)18/h11,15H,4-10H2,1-3H3,(H,17,18). The van der Waals surface area contributed by atoms with Crippen molar-refractivity contribution in [3.8, 4) is 0 Å². The summed E-state index contributed by atoms with van der Waals surface area (Å²) in [6.07, 6.45) is 4.02. The molecule has 2 N–H and O–H groups in total. The maximum atomic E-state index is 12.7. The zero-order valence-electron chi connectivity index (χ0n) is 12.2. The third kappa shape index (κ3) is 3.47. The van der Waals surface area contributed by atoms with E-state index in [9.17, 15) is 14.7 Å². The molecule has 0 aliphatic carbocycles. The summed E-state index contributed by atoms with van der Waals surface area (Å²) in [5, 5.41) is 12.5. The van der Waals surface area contributed by atoms with Crippen LogP contribution in [0.3, 0.4) is 0 Å². The minimum atomic E-state index is -0.922. The maximum absolute atomic E-state index is 12.7. The van der Waals surface area contributed by atoms with Crippen molar-refractivity contribution in [2.45, 2.75) is 52.0 Å². The van der Waals surface area contributed by atoms with Crippen LogP contribution in [0.4, 0.5) is 0 Å². The van der Waals surface area contributed by atoms with Crippen molar-refractivity contribution in [1.29, 1.82) is 0 Å². The number of hydrogen-bond donors (Lipinski definition) is 2. The second kappa shape index (κ2) is 6.89. The first kappa shape index (κ1) is 16.0. The molecule has 0 bridgehead atoms. The Morgan fingerprint density at radius 2 is 2.11 bits per heavy atom. The topological polar surface area (TPSA) is 69.6 Å². The predicted molar refractivity (Wildman–Crippen MR) is 73.9 cm³/mol. The number of carboxylic acids is 1. The number of likely N-dealkylation sites (N-methyl/N-ethyl adjacent to an activating group) is 1. The van der Waals surface area contributed by atoms with E-state index < -0.39 is 17.4 Å². The number of aliphatic carboxylic acids is 1. The van der Waals surface area contributed by atoms with E-state index in [0.29, 0.717) is 13.0 Å². The molecule has 1 fully saturated rings. The molecule has 2 atom stereocenters. The molecule has 110 valence electrons. The van der Waals surface area contributed by atoms with Crippen molar-refractivity contribution in [2.75, 3.05) is 20.1 Å². The van der Waals surface area contributed by atoms with E-state index in [2.05, 4.69) is 12.2 Å². The lowest BCUT2D eigenvalue weighted by Crippen LogP contribution is -2.54. The molecule has 1 amide bonds. The Balaban J connectivity index is 2.89. The van der Waals surface area contributed by atoms with Gasteiger partial charge in [0.25, 0.3) is 0 Å². The van der Waals surface area contributed by atoms with Crippen LogP contribution in [0.15, 0.2) is 0 Å². The van der Waals surface area contributed by atoms with Crippen molar-refractivity contribution >= 4 is 11.9 Å². The van der Waals surface area contributed by atoms with Crippen LogP contribution in [0, 0.1) is 5.41 Å². The number of carboxylic acid groups (broad SMARTS) is 1. The maximum Gasteiger partial charge on any atom is 0.326 e. The Bertz CT molecular complexity index is 319. The SMILES string of the molecule is CCCC1(C(=O)N(C)C(CC)C(=O)O)CCCNC1. The fourth-order valence-electron chi connectivity index (χ4n) is 3.08. The molecule has 1 aliphatic heterocycles. The summed E-state index contributed by atoms with van der Waals surface area (Å²) in [5.41, 5.74) is -0.412. The second-order valence-electron chi connectivity index (χ2n) is 5.49. The van der Waals surface area contributed by atoms with Gasteiger partial charge >= 0.3 is 5.97 Å². The van der Waals surface area contributed by atoms with E-state index in [4.69, 9.17) is 0 Å². The van der Waals surface area contributed by atoms with E-state index >= 15 is 0 Å². The van der Waals surface area contributed by atoms with Crippen LogP contribution in [-0.4, -0.2) is 48.1 Å². The molecule has 0 radical (unpaired) electrons. The van der Waals surface area contributed by atoms with E-state index in [-0.39, 0.29) is 5.91 Å². The molecule has 5 heteroatoms. The summed E-state index contributed by atoms with van der Waals surface area (Å²) in [6, 6.07) is -0.719. The first-order valence-corrected chi connectivity index (χ1v) is 7.19. The average Bonchev–Trinajstić information content (AvgIpc) is 2.39. The quantitative estimate of drug-likeness (QED) is 0.767. The van der Waals surface area contributed by atoms with E-state index in [0.717, 1.165) is 32.2 Å². The van der Waals surface area contributed by atoms with Crippen LogP contribution in [0.1, 0.15) is 46.0 Å². The Labute approximate surface area is 115 Å². The van der Waals surface area contributed by atoms with Crippen LogP contribution in [0.25, 0.3) is 0 Å². The molecule has 2 unspecified atom stereocenters. The van der Waals surface area contributed by atoms with Gasteiger partial charge in [-0.1, -0.05) is 20.3 Å². The van der Waals surface area contributed by atoms with Crippen molar-refractivity contribution in [3.63, 3.8) is 0 Å². The number of carbonyl (C=O) groups excluding carboxylic acids is 1. The molecular weight excluding hydrogens is 244 g/mol. The van der Waals surface area contributed by atoms with Crippen LogP contribution in [-0.2, 0) is 9.59 Å². The molecule has 1 heterocycles. The minimum Gasteiger partial charge on any atom is -0.480 e. The lowest BCUT2D eigenvalue weighted by Gasteiger charge is -2.40. The lowest BCUT2D eigenvalue weighted by atomic mass is 9.75. The summed E-state index contributed by atoms with van der Waals surface area (Å²) in [6.45, 7) is 5.48. The van der Waals surface area contributed by atoms with Gasteiger partial charge in [0, 0.05) is 13.6 Å². The molecule has 19 heavy (non-hydrogen) atoms. The number of piperidine rings is 1. The largest absolute Gasteiger partial charge is 0.480 e. The van der Waals surface area contributed by atoms with Gasteiger partial charge in [-0.15, -0.1) is 0 Å². The number of rotatable bonds is 6. The van der Waals surface area contributed by atoms with Gasteiger partial charge in [-0.05, 0) is 32.2 Å². The molecule has 1 rings (SSSR count). The summed E-state index contributed by atoms with van der Waals surface area (Å²) < 4.78 is 0. The van der Waals surface area contributed by atoms with Crippen molar-refractivity contribution < 1.29 is 14.7 Å². The second-order valence-corrected chi connectivity index (χ2v) is 5.49. The lowest BCUT2D eigenvalue weighted by molar-refractivity contribution is -0.155. The Morgan fingerprint density at radius 1 is 1.42 bits per heavy atom. The average molecular weight is 270 g/mol. The monoisotopic (exact) mass is 270 g/mol. The summed E-state index contributed by atoms with van der Waals surface area (Å²) in [4.78, 5) is 25.4. The molecule has 0 aromatic heterocycles. The van der Waals surface area contributed by atoms with Crippen LogP contribution in [0.2, 0.25) is 0 Å². The molecule has 0 aromatic carbocycles. The highest BCUT2D eigenvalue weighted by Crippen LogP contribution is 2.34. The molecule has 0 saturated carbocycles. The van der Waals surface area contributed by atoms with E-state index in [1.54, 1.807) is 14.0 Å². The predicted octanol–water partition coefficient (Wildman–Crippen LogP) is 1.48. The van der Waals surface area contributed by atoms with E-state index in [1.807, 2.05) is 0 Å². The van der Waals surface area contributed by atoms with Gasteiger partial charge in [-0.25, -0.2) is 4.79 Å². The Kier molecular flexibility index (Phi) is 5.79. The molecular formula is C14H26N2O3. The van der Waals surface area contributed by atoms with Gasteiger partial charge in [-0.3, -0.25) is 4.79 Å². The van der Waals surface area contributed by atoms with Gasteiger partial charge in [-0.2, -0.15) is 0 Å². The Hall–Kier alpha value is -1.10. The van der Waals surface area contributed by atoms with Crippen molar-refractivity contribution in [3.05, 3.63) is 0 Å². The highest BCUT2D eigenvalue weighted by Gasteiger charge is 2.42. The smallest absolute Gasteiger partial charge is 0.326 e. The van der Waals surface area contributed by atoms with Crippen LogP contribution in [0.5, 0.6) is 0 Å². The van der Waals surface area contributed by atoms with Crippen LogP contribution >= 0.6 is 0 Å². The van der Waals surface area contributed by atoms with Crippen molar-refractivity contribution in [2.24, 2.45) is 5.41 Å². The first-order valence-electron chi connectivity index (χ1n) is 7.19. The van der Waals surface area contributed by atoms with Crippen LogP contribution < -0.4 is 5.32 Å². The number of nitrogens with zero attached hydrogens (tertiary/aromatic N) is 1. The van der Waals surface area contributed by atoms with Gasteiger partial charge in [0.1, 0.15) is 6.04 Å². The van der Waals surface area contributed by atoms with Gasteiger partial charge in [0.2, 0.25) is 5.91 Å². The zero-order chi connectivity index (χ0) is 14.5. The fourth-order valence-corrected chi connectivity index (χ4v) is 3.08. The summed E-state index contributed by atoms with van der Waals surface area (Å²) in [7, 11) is 1.62.